The second-order valence-corrected chi connectivity index (χ2v) is 7.74. The van der Waals surface area contributed by atoms with E-state index in [0.29, 0.717) is 20.8 Å². The first-order valence-electron chi connectivity index (χ1n) is 8.72. The summed E-state index contributed by atoms with van der Waals surface area (Å²) in [6, 6.07) is 6.32. The summed E-state index contributed by atoms with van der Waals surface area (Å²) in [5, 5.41) is 4.49. The first-order valence-corrected chi connectivity index (χ1v) is 10.2. The van der Waals surface area contributed by atoms with E-state index in [1.54, 1.807) is 6.07 Å². The monoisotopic (exact) mass is 494 g/mol. The number of anilines is 2. The zero-order valence-corrected chi connectivity index (χ0v) is 19.8. The second-order valence-electron chi connectivity index (χ2n) is 6.11. The third kappa shape index (κ3) is 7.13. The molecule has 2 aromatic rings. The number of halogens is 4. The van der Waals surface area contributed by atoms with Crippen LogP contribution in [0.5, 0.6) is 0 Å². The molecule has 0 aliphatic heterocycles. The molecule has 0 aliphatic rings. The molecule has 0 fully saturated rings. The maximum atomic E-state index is 11.5. The summed E-state index contributed by atoms with van der Waals surface area (Å²) in [4.78, 5) is 22.6. The van der Waals surface area contributed by atoms with E-state index in [4.69, 9.17) is 52.1 Å². The van der Waals surface area contributed by atoms with Crippen molar-refractivity contribution < 1.29 is 19.1 Å². The number of carbonyl (C=O) groups excluding carboxylic acids is 2. The average molecular weight is 496 g/mol. The molecule has 0 radical (unpaired) electrons. The number of esters is 2. The molecular formula is C20H22Cl4N2O4. The summed E-state index contributed by atoms with van der Waals surface area (Å²) in [6.45, 7) is 4.08. The largest absolute Gasteiger partial charge is 0.465 e. The number of carbonyl (C=O) groups is 2. The third-order valence-electron chi connectivity index (χ3n) is 3.93. The molecule has 0 aliphatic carbocycles. The number of nitrogen functional groups attached to an aromatic ring is 1. The van der Waals surface area contributed by atoms with Crippen molar-refractivity contribution in [2.75, 3.05) is 25.3 Å². The molecular weight excluding hydrogens is 474 g/mol. The highest BCUT2D eigenvalue weighted by atomic mass is 35.5. The van der Waals surface area contributed by atoms with E-state index in [2.05, 4.69) is 21.7 Å². The quantitative estimate of drug-likeness (QED) is 0.370. The maximum Gasteiger partial charge on any atom is 0.339 e. The lowest BCUT2D eigenvalue weighted by molar-refractivity contribution is 0.0592. The summed E-state index contributed by atoms with van der Waals surface area (Å²) >= 11 is 23.5. The average Bonchev–Trinajstić information content (AvgIpc) is 2.72. The first kappa shape index (κ1) is 26.2. The van der Waals surface area contributed by atoms with Crippen LogP contribution in [0, 0.1) is 0 Å². The minimum atomic E-state index is -0.556. The molecule has 0 spiro atoms. The highest BCUT2D eigenvalue weighted by Gasteiger charge is 2.16. The molecule has 0 amide bonds. The van der Waals surface area contributed by atoms with Crippen LogP contribution < -0.4 is 11.1 Å². The SMILES string of the molecule is CCC(C)Nc1cc(Cl)cc(C(=O)OC)c1Cl.COC(=O)c1cc(Cl)cc(N)c1Cl. The highest BCUT2D eigenvalue weighted by molar-refractivity contribution is 6.38. The molecule has 1 atom stereocenters. The fourth-order valence-corrected chi connectivity index (χ4v) is 3.06. The van der Waals surface area contributed by atoms with Gasteiger partial charge in [0.25, 0.3) is 0 Å². The number of nitrogens with one attached hydrogen (secondary N) is 1. The normalized spacial score (nSPS) is 11.1. The molecule has 10 heteroatoms. The van der Waals surface area contributed by atoms with E-state index in [-0.39, 0.29) is 27.9 Å². The summed E-state index contributed by atoms with van der Waals surface area (Å²) in [6.07, 6.45) is 0.941. The Morgan fingerprint density at radius 3 is 1.87 bits per heavy atom. The zero-order chi connectivity index (χ0) is 23.0. The number of benzene rings is 2. The molecule has 3 N–H and O–H groups in total. The lowest BCUT2D eigenvalue weighted by Gasteiger charge is -2.16. The molecule has 2 rings (SSSR count). The van der Waals surface area contributed by atoms with Crippen LogP contribution in [-0.4, -0.2) is 32.2 Å². The van der Waals surface area contributed by atoms with E-state index >= 15 is 0 Å². The van der Waals surface area contributed by atoms with Gasteiger partial charge in [-0.1, -0.05) is 53.3 Å². The predicted octanol–water partition coefficient (Wildman–Crippen LogP) is 6.35. The Morgan fingerprint density at radius 1 is 0.933 bits per heavy atom. The van der Waals surface area contributed by atoms with Gasteiger partial charge in [0.1, 0.15) is 0 Å². The molecule has 0 bridgehead atoms. The van der Waals surface area contributed by atoms with Gasteiger partial charge in [-0.25, -0.2) is 9.59 Å². The van der Waals surface area contributed by atoms with Gasteiger partial charge in [0, 0.05) is 16.1 Å². The maximum absolute atomic E-state index is 11.5. The van der Waals surface area contributed by atoms with Crippen LogP contribution >= 0.6 is 46.4 Å². The Balaban J connectivity index is 0.000000311. The van der Waals surface area contributed by atoms with Crippen LogP contribution in [0.2, 0.25) is 20.1 Å². The van der Waals surface area contributed by atoms with Gasteiger partial charge in [0.15, 0.2) is 0 Å². The van der Waals surface area contributed by atoms with Crippen LogP contribution in [0.1, 0.15) is 41.0 Å². The highest BCUT2D eigenvalue weighted by Crippen LogP contribution is 2.31. The number of methoxy groups -OCH3 is 2. The van der Waals surface area contributed by atoms with Gasteiger partial charge < -0.3 is 20.5 Å². The molecule has 2 aromatic carbocycles. The zero-order valence-electron chi connectivity index (χ0n) is 16.8. The number of rotatable bonds is 5. The first-order chi connectivity index (χ1) is 14.0. The van der Waals surface area contributed by atoms with Crippen molar-refractivity contribution in [1.29, 1.82) is 0 Å². The lowest BCUT2D eigenvalue weighted by atomic mass is 10.1. The van der Waals surface area contributed by atoms with E-state index in [1.807, 2.05) is 6.92 Å². The summed E-state index contributed by atoms with van der Waals surface area (Å²) in [5.41, 5.74) is 6.84. The van der Waals surface area contributed by atoms with Crippen molar-refractivity contribution in [3.05, 3.63) is 55.5 Å². The third-order valence-corrected chi connectivity index (χ3v) is 5.19. The Morgan fingerprint density at radius 2 is 1.40 bits per heavy atom. The van der Waals surface area contributed by atoms with Crippen molar-refractivity contribution in [2.45, 2.75) is 26.3 Å². The Labute approximate surface area is 195 Å². The lowest BCUT2D eigenvalue weighted by Crippen LogP contribution is -2.14. The van der Waals surface area contributed by atoms with Gasteiger partial charge >= 0.3 is 11.9 Å². The molecule has 6 nitrogen and oxygen atoms in total. The van der Waals surface area contributed by atoms with Crippen LogP contribution in [0.4, 0.5) is 11.4 Å². The van der Waals surface area contributed by atoms with Gasteiger partial charge in [-0.15, -0.1) is 0 Å². The minimum absolute atomic E-state index is 0.163. The summed E-state index contributed by atoms with van der Waals surface area (Å²) in [7, 11) is 2.57. The van der Waals surface area contributed by atoms with E-state index in [1.165, 1.54) is 32.4 Å². The van der Waals surface area contributed by atoms with Crippen LogP contribution in [-0.2, 0) is 9.47 Å². The topological polar surface area (TPSA) is 90.6 Å². The second kappa shape index (κ2) is 12.1. The minimum Gasteiger partial charge on any atom is -0.465 e. The van der Waals surface area contributed by atoms with Crippen LogP contribution in [0.15, 0.2) is 24.3 Å². The van der Waals surface area contributed by atoms with E-state index in [9.17, 15) is 9.59 Å². The molecule has 0 saturated carbocycles. The van der Waals surface area contributed by atoms with E-state index < -0.39 is 11.9 Å². The standard InChI is InChI=1S/C12H15Cl2NO2.C8H7Cl2NO2/c1-4-7(2)15-10-6-8(13)5-9(11(10)14)12(16)17-3;1-13-8(12)5-2-4(9)3-6(11)7(5)10/h5-7,15H,4H2,1-3H3;2-3H,11H2,1H3. The molecule has 0 heterocycles. The van der Waals surface area contributed by atoms with Crippen LogP contribution in [0.25, 0.3) is 0 Å². The number of ether oxygens (including phenoxy) is 2. The van der Waals surface area contributed by atoms with Crippen molar-refractivity contribution >= 4 is 69.7 Å². The Bertz CT molecular complexity index is 922. The summed E-state index contributed by atoms with van der Waals surface area (Å²) < 4.78 is 9.14. The smallest absolute Gasteiger partial charge is 0.339 e. The number of hydrogen-bond donors (Lipinski definition) is 2. The fourth-order valence-electron chi connectivity index (χ4n) is 2.19. The van der Waals surface area contributed by atoms with Gasteiger partial charge in [-0.3, -0.25) is 0 Å². The summed E-state index contributed by atoms with van der Waals surface area (Å²) in [5.74, 6) is -1.05. The molecule has 164 valence electrons. The molecule has 0 saturated heterocycles. The van der Waals surface area contributed by atoms with E-state index in [0.717, 1.165) is 6.42 Å². The van der Waals surface area contributed by atoms with Gasteiger partial charge in [0.05, 0.1) is 46.8 Å². The van der Waals surface area contributed by atoms with Crippen molar-refractivity contribution in [3.63, 3.8) is 0 Å². The van der Waals surface area contributed by atoms with Gasteiger partial charge in [-0.2, -0.15) is 0 Å². The molecule has 1 unspecified atom stereocenters. The fraction of sp³-hybridized carbons (Fsp3) is 0.300. The number of hydrogen-bond acceptors (Lipinski definition) is 6. The molecule has 30 heavy (non-hydrogen) atoms. The van der Waals surface area contributed by atoms with Crippen LogP contribution in [0.3, 0.4) is 0 Å². The number of nitrogens with two attached hydrogens (primary N) is 1. The Hall–Kier alpha value is -1.86. The molecule has 0 aromatic heterocycles. The van der Waals surface area contributed by atoms with Crippen molar-refractivity contribution in [3.8, 4) is 0 Å². The predicted molar refractivity (Wildman–Crippen MR) is 123 cm³/mol. The van der Waals surface area contributed by atoms with Crippen molar-refractivity contribution in [1.82, 2.24) is 0 Å². The van der Waals surface area contributed by atoms with Gasteiger partial charge in [0.2, 0.25) is 0 Å². The Kier molecular flexibility index (Phi) is 10.6. The van der Waals surface area contributed by atoms with Gasteiger partial charge in [-0.05, 0) is 37.6 Å². The van der Waals surface area contributed by atoms with Crippen molar-refractivity contribution in [2.24, 2.45) is 0 Å².